The number of ether oxygens (including phenoxy) is 1. The van der Waals surface area contributed by atoms with Gasteiger partial charge in [-0.05, 0) is 44.2 Å². The molecule has 1 aliphatic rings. The lowest BCUT2D eigenvalue weighted by atomic mass is 10.2. The maximum Gasteiger partial charge on any atom is 0.227 e. The van der Waals surface area contributed by atoms with Crippen LogP contribution in [0.1, 0.15) is 12.6 Å². The van der Waals surface area contributed by atoms with Gasteiger partial charge in [0.2, 0.25) is 5.95 Å². The summed E-state index contributed by atoms with van der Waals surface area (Å²) >= 11 is 0. The van der Waals surface area contributed by atoms with Crippen molar-refractivity contribution in [1.82, 2.24) is 9.97 Å². The lowest BCUT2D eigenvalue weighted by molar-refractivity contribution is 0.0989. The molecule has 3 rings (SSSR count). The standard InChI is InChI=1S/C16H20N4O/c1-12-7-8-17-16(18-12)19-14-3-5-15(6-4-14)20-9-10-21-11-13(20)2/h3-8,13H,9-11H2,1-2H3,(H,17,18,19). The van der Waals surface area contributed by atoms with Crippen LogP contribution in [-0.4, -0.2) is 35.8 Å². The number of aryl methyl sites for hydroxylation is 1. The molecule has 1 aromatic carbocycles. The van der Waals surface area contributed by atoms with Crippen molar-refractivity contribution in [2.45, 2.75) is 19.9 Å². The Hall–Kier alpha value is -2.14. The van der Waals surface area contributed by atoms with Crippen LogP contribution in [0, 0.1) is 6.92 Å². The molecule has 1 fully saturated rings. The van der Waals surface area contributed by atoms with Gasteiger partial charge in [-0.1, -0.05) is 0 Å². The predicted octanol–water partition coefficient (Wildman–Crippen LogP) is 2.75. The molecule has 0 saturated carbocycles. The minimum absolute atomic E-state index is 0.415. The lowest BCUT2D eigenvalue weighted by Crippen LogP contribution is -2.43. The van der Waals surface area contributed by atoms with E-state index in [1.807, 2.05) is 13.0 Å². The zero-order valence-electron chi connectivity index (χ0n) is 12.4. The molecule has 0 bridgehead atoms. The highest BCUT2D eigenvalue weighted by Gasteiger charge is 2.18. The first-order chi connectivity index (χ1) is 10.2. The Morgan fingerprint density at radius 1 is 1.24 bits per heavy atom. The normalized spacial score (nSPS) is 18.6. The minimum Gasteiger partial charge on any atom is -0.377 e. The molecular weight excluding hydrogens is 264 g/mol. The van der Waals surface area contributed by atoms with Gasteiger partial charge in [0.1, 0.15) is 0 Å². The molecule has 0 radical (unpaired) electrons. The number of morpholine rings is 1. The molecule has 5 heteroatoms. The van der Waals surface area contributed by atoms with Gasteiger partial charge in [0.15, 0.2) is 0 Å². The van der Waals surface area contributed by atoms with Crippen molar-refractivity contribution in [2.75, 3.05) is 30.0 Å². The Morgan fingerprint density at radius 2 is 2.05 bits per heavy atom. The van der Waals surface area contributed by atoms with Gasteiger partial charge >= 0.3 is 0 Å². The maximum atomic E-state index is 5.48. The molecule has 1 unspecified atom stereocenters. The van der Waals surface area contributed by atoms with Gasteiger partial charge in [0.25, 0.3) is 0 Å². The van der Waals surface area contributed by atoms with Crippen LogP contribution < -0.4 is 10.2 Å². The van der Waals surface area contributed by atoms with Gasteiger partial charge in [-0.2, -0.15) is 0 Å². The van der Waals surface area contributed by atoms with Crippen molar-refractivity contribution in [3.63, 3.8) is 0 Å². The van der Waals surface area contributed by atoms with E-state index in [0.717, 1.165) is 31.1 Å². The number of nitrogens with zero attached hydrogens (tertiary/aromatic N) is 3. The molecule has 2 aromatic rings. The fraction of sp³-hybridized carbons (Fsp3) is 0.375. The number of hydrogen-bond donors (Lipinski definition) is 1. The molecule has 1 aromatic heterocycles. The van der Waals surface area contributed by atoms with E-state index in [1.54, 1.807) is 6.20 Å². The van der Waals surface area contributed by atoms with Gasteiger partial charge in [-0.15, -0.1) is 0 Å². The van der Waals surface area contributed by atoms with E-state index in [-0.39, 0.29) is 0 Å². The quantitative estimate of drug-likeness (QED) is 0.939. The summed E-state index contributed by atoms with van der Waals surface area (Å²) in [5, 5.41) is 3.22. The second-order valence-corrected chi connectivity index (χ2v) is 5.31. The van der Waals surface area contributed by atoms with Crippen molar-refractivity contribution in [3.8, 4) is 0 Å². The summed E-state index contributed by atoms with van der Waals surface area (Å²) in [5.74, 6) is 0.627. The largest absolute Gasteiger partial charge is 0.377 e. The highest BCUT2D eigenvalue weighted by molar-refractivity contribution is 5.59. The number of rotatable bonds is 3. The zero-order chi connectivity index (χ0) is 14.7. The van der Waals surface area contributed by atoms with Gasteiger partial charge in [-0.3, -0.25) is 0 Å². The number of nitrogens with one attached hydrogen (secondary N) is 1. The Morgan fingerprint density at radius 3 is 2.76 bits per heavy atom. The van der Waals surface area contributed by atoms with Crippen LogP contribution in [-0.2, 0) is 4.74 Å². The molecule has 5 nitrogen and oxygen atoms in total. The van der Waals surface area contributed by atoms with Gasteiger partial charge in [-0.25, -0.2) is 9.97 Å². The highest BCUT2D eigenvalue weighted by atomic mass is 16.5. The van der Waals surface area contributed by atoms with Crippen LogP contribution in [0.5, 0.6) is 0 Å². The molecule has 110 valence electrons. The van der Waals surface area contributed by atoms with Crippen molar-refractivity contribution < 1.29 is 4.74 Å². The second-order valence-electron chi connectivity index (χ2n) is 5.31. The third kappa shape index (κ3) is 3.31. The smallest absolute Gasteiger partial charge is 0.227 e. The van der Waals surface area contributed by atoms with Crippen LogP contribution in [0.15, 0.2) is 36.5 Å². The van der Waals surface area contributed by atoms with E-state index >= 15 is 0 Å². The second kappa shape index (κ2) is 6.10. The average Bonchev–Trinajstić information content (AvgIpc) is 2.49. The average molecular weight is 284 g/mol. The summed E-state index contributed by atoms with van der Waals surface area (Å²) in [6.07, 6.45) is 1.76. The Kier molecular flexibility index (Phi) is 4.01. The molecule has 21 heavy (non-hydrogen) atoms. The Bertz CT molecular complexity index is 599. The van der Waals surface area contributed by atoms with Crippen molar-refractivity contribution in [1.29, 1.82) is 0 Å². The van der Waals surface area contributed by atoms with Crippen LogP contribution >= 0.6 is 0 Å². The predicted molar refractivity (Wildman–Crippen MR) is 84.1 cm³/mol. The summed E-state index contributed by atoms with van der Waals surface area (Å²) in [6.45, 7) is 6.66. The Balaban J connectivity index is 1.72. The monoisotopic (exact) mass is 284 g/mol. The molecule has 0 amide bonds. The summed E-state index contributed by atoms with van der Waals surface area (Å²) in [5.41, 5.74) is 3.16. The third-order valence-corrected chi connectivity index (χ3v) is 3.62. The number of hydrogen-bond acceptors (Lipinski definition) is 5. The van der Waals surface area contributed by atoms with Crippen LogP contribution in [0.4, 0.5) is 17.3 Å². The van der Waals surface area contributed by atoms with E-state index < -0.39 is 0 Å². The topological polar surface area (TPSA) is 50.3 Å². The van der Waals surface area contributed by atoms with Gasteiger partial charge < -0.3 is 15.0 Å². The number of benzene rings is 1. The fourth-order valence-corrected chi connectivity index (χ4v) is 2.49. The lowest BCUT2D eigenvalue weighted by Gasteiger charge is -2.35. The van der Waals surface area contributed by atoms with Crippen LogP contribution in [0.3, 0.4) is 0 Å². The first kappa shape index (κ1) is 13.8. The molecule has 1 saturated heterocycles. The van der Waals surface area contributed by atoms with E-state index in [0.29, 0.717) is 12.0 Å². The SMILES string of the molecule is Cc1ccnc(Nc2ccc(N3CCOCC3C)cc2)n1. The number of anilines is 3. The van der Waals surface area contributed by atoms with Gasteiger partial charge in [0.05, 0.1) is 13.2 Å². The third-order valence-electron chi connectivity index (χ3n) is 3.62. The molecule has 2 heterocycles. The zero-order valence-corrected chi connectivity index (χ0v) is 12.4. The molecule has 0 aliphatic carbocycles. The molecule has 1 atom stereocenters. The van der Waals surface area contributed by atoms with Crippen LogP contribution in [0.25, 0.3) is 0 Å². The van der Waals surface area contributed by atoms with Crippen molar-refractivity contribution in [3.05, 3.63) is 42.2 Å². The van der Waals surface area contributed by atoms with Gasteiger partial charge in [0, 0.05) is 35.9 Å². The number of aromatic nitrogens is 2. The summed E-state index contributed by atoms with van der Waals surface area (Å²) < 4.78 is 5.48. The summed E-state index contributed by atoms with van der Waals surface area (Å²) in [7, 11) is 0. The first-order valence-electron chi connectivity index (χ1n) is 7.23. The van der Waals surface area contributed by atoms with Crippen molar-refractivity contribution in [2.24, 2.45) is 0 Å². The minimum atomic E-state index is 0.415. The van der Waals surface area contributed by atoms with Crippen LogP contribution in [0.2, 0.25) is 0 Å². The fourth-order valence-electron chi connectivity index (χ4n) is 2.49. The molecule has 0 spiro atoms. The molecular formula is C16H20N4O. The molecule has 1 aliphatic heterocycles. The molecule has 1 N–H and O–H groups in total. The Labute approximate surface area is 125 Å². The maximum absolute atomic E-state index is 5.48. The van der Waals surface area contributed by atoms with E-state index in [9.17, 15) is 0 Å². The van der Waals surface area contributed by atoms with E-state index in [4.69, 9.17) is 4.74 Å². The van der Waals surface area contributed by atoms with E-state index in [2.05, 4.69) is 51.4 Å². The van der Waals surface area contributed by atoms with E-state index in [1.165, 1.54) is 5.69 Å². The van der Waals surface area contributed by atoms with Crippen molar-refractivity contribution >= 4 is 17.3 Å². The summed E-state index contributed by atoms with van der Waals surface area (Å²) in [6, 6.07) is 10.7. The highest BCUT2D eigenvalue weighted by Crippen LogP contribution is 2.22. The summed E-state index contributed by atoms with van der Waals surface area (Å²) in [4.78, 5) is 10.9. The first-order valence-corrected chi connectivity index (χ1v) is 7.23.